The molecule has 11 heavy (non-hydrogen) atoms. The van der Waals surface area contributed by atoms with E-state index >= 15 is 0 Å². The molecule has 0 unspecified atom stereocenters. The molecule has 0 N–H and O–H groups in total. The van der Waals surface area contributed by atoms with Gasteiger partial charge in [0.15, 0.2) is 0 Å². The summed E-state index contributed by atoms with van der Waals surface area (Å²) in [4.78, 5) is 11.7. The van der Waals surface area contributed by atoms with E-state index in [4.69, 9.17) is 11.6 Å². The highest BCUT2D eigenvalue weighted by atomic mass is 35.5. The zero-order chi connectivity index (χ0) is 8.85. The summed E-state index contributed by atoms with van der Waals surface area (Å²) in [5, 5.41) is -0.393. The van der Waals surface area contributed by atoms with Crippen molar-refractivity contribution in [1.82, 2.24) is 0 Å². The highest BCUT2D eigenvalue weighted by Gasteiger charge is 1.95. The summed E-state index contributed by atoms with van der Waals surface area (Å²) in [5.41, 5.74) is 0.570. The first-order valence-electron chi connectivity index (χ1n) is 3.17. The van der Waals surface area contributed by atoms with Crippen molar-refractivity contribution in [1.29, 1.82) is 0 Å². The van der Waals surface area contributed by atoms with Crippen LogP contribution in [0.5, 0.6) is 0 Å². The Labute approximate surface area is 76.5 Å². The van der Waals surface area contributed by atoms with Gasteiger partial charge in [-0.15, -0.1) is 11.8 Å². The Morgan fingerprint density at radius 1 is 1.36 bits per heavy atom. The minimum atomic E-state index is -0.393. The Balaban J connectivity index is 4.22. The fraction of sp³-hybridized carbons (Fsp3) is 0.375. The number of thioether (sulfide) groups is 1. The second-order valence-electron chi connectivity index (χ2n) is 2.10. The Bertz CT molecular complexity index is 206. The molecule has 0 aliphatic carbocycles. The maximum absolute atomic E-state index is 10.5. The molecule has 62 valence electrons. The molecule has 0 bridgehead atoms. The molecule has 0 radical (unpaired) electrons. The van der Waals surface area contributed by atoms with Crippen LogP contribution in [0.1, 0.15) is 13.8 Å². The fourth-order valence-corrected chi connectivity index (χ4v) is 0.643. The van der Waals surface area contributed by atoms with Crippen molar-refractivity contribution in [2.75, 3.05) is 6.26 Å². The van der Waals surface area contributed by atoms with Crippen molar-refractivity contribution in [3.63, 3.8) is 0 Å². The monoisotopic (exact) mass is 190 g/mol. The van der Waals surface area contributed by atoms with Gasteiger partial charge in [0.25, 0.3) is 0 Å². The van der Waals surface area contributed by atoms with Crippen LogP contribution in [0.25, 0.3) is 0 Å². The predicted octanol–water partition coefficient (Wildman–Crippen LogP) is 2.96. The van der Waals surface area contributed by atoms with Gasteiger partial charge < -0.3 is 0 Å². The molecular formula is C8H11ClOS. The number of hydrogen-bond acceptors (Lipinski definition) is 2. The van der Waals surface area contributed by atoms with Gasteiger partial charge in [0.2, 0.25) is 5.24 Å². The van der Waals surface area contributed by atoms with Gasteiger partial charge in [0.05, 0.1) is 0 Å². The van der Waals surface area contributed by atoms with Crippen LogP contribution in [0.2, 0.25) is 0 Å². The summed E-state index contributed by atoms with van der Waals surface area (Å²) < 4.78 is 0. The number of carbonyl (C=O) groups is 1. The number of allylic oxidation sites excluding steroid dienone is 4. The average molecular weight is 191 g/mol. The molecule has 0 aliphatic rings. The average Bonchev–Trinajstić information content (AvgIpc) is 1.99. The number of hydrogen-bond donors (Lipinski definition) is 0. The third-order valence-corrected chi connectivity index (χ3v) is 2.28. The topological polar surface area (TPSA) is 17.1 Å². The predicted molar refractivity (Wildman–Crippen MR) is 51.9 cm³/mol. The van der Waals surface area contributed by atoms with E-state index in [2.05, 4.69) is 0 Å². The summed E-state index contributed by atoms with van der Waals surface area (Å²) in [6, 6.07) is 0. The molecule has 0 heterocycles. The van der Waals surface area contributed by atoms with Gasteiger partial charge in [0.1, 0.15) is 0 Å². The molecular weight excluding hydrogens is 180 g/mol. The number of rotatable bonds is 3. The first kappa shape index (κ1) is 10.8. The van der Waals surface area contributed by atoms with Crippen molar-refractivity contribution >= 4 is 28.6 Å². The lowest BCUT2D eigenvalue weighted by molar-refractivity contribution is -0.108. The summed E-state index contributed by atoms with van der Waals surface area (Å²) in [7, 11) is 0. The molecule has 0 aromatic heterocycles. The van der Waals surface area contributed by atoms with E-state index in [0.717, 1.165) is 4.91 Å². The Morgan fingerprint density at radius 2 is 1.91 bits per heavy atom. The molecule has 3 heteroatoms. The summed E-state index contributed by atoms with van der Waals surface area (Å²) >= 11 is 6.85. The summed E-state index contributed by atoms with van der Waals surface area (Å²) in [6.07, 6.45) is 5.58. The van der Waals surface area contributed by atoms with Crippen LogP contribution in [0.4, 0.5) is 0 Å². The van der Waals surface area contributed by atoms with Crippen molar-refractivity contribution in [2.45, 2.75) is 13.8 Å². The molecule has 0 saturated heterocycles. The molecule has 0 amide bonds. The largest absolute Gasteiger partial charge is 0.276 e. The molecule has 0 spiro atoms. The van der Waals surface area contributed by atoms with E-state index in [0.29, 0.717) is 5.57 Å². The third-order valence-electron chi connectivity index (χ3n) is 1.20. The smallest absolute Gasteiger partial charge is 0.248 e. The molecule has 1 nitrogen and oxygen atoms in total. The van der Waals surface area contributed by atoms with Gasteiger partial charge in [-0.25, -0.2) is 0 Å². The van der Waals surface area contributed by atoms with Crippen molar-refractivity contribution in [2.24, 2.45) is 0 Å². The quantitative estimate of drug-likeness (QED) is 0.387. The molecule has 0 aromatic rings. The molecule has 0 aliphatic heterocycles. The second-order valence-corrected chi connectivity index (χ2v) is 3.50. The van der Waals surface area contributed by atoms with Crippen LogP contribution in [0.3, 0.4) is 0 Å². The third kappa shape index (κ3) is 5.10. The SMILES string of the molecule is CS/C(C)=C/C=C(\C)C(=O)Cl. The first-order chi connectivity index (χ1) is 5.07. The van der Waals surface area contributed by atoms with Crippen LogP contribution in [0, 0.1) is 0 Å². The summed E-state index contributed by atoms with van der Waals surface area (Å²) in [5.74, 6) is 0. The molecule has 0 fully saturated rings. The van der Waals surface area contributed by atoms with Crippen LogP contribution in [-0.4, -0.2) is 11.5 Å². The van der Waals surface area contributed by atoms with Crippen molar-refractivity contribution in [3.05, 3.63) is 22.6 Å². The summed E-state index contributed by atoms with van der Waals surface area (Å²) in [6.45, 7) is 3.67. The van der Waals surface area contributed by atoms with Crippen LogP contribution in [-0.2, 0) is 4.79 Å². The number of carbonyl (C=O) groups excluding carboxylic acids is 1. The van der Waals surface area contributed by atoms with Gasteiger partial charge in [0, 0.05) is 5.57 Å². The zero-order valence-electron chi connectivity index (χ0n) is 6.85. The Morgan fingerprint density at radius 3 is 2.27 bits per heavy atom. The van der Waals surface area contributed by atoms with Gasteiger partial charge in [-0.1, -0.05) is 12.2 Å². The minimum absolute atomic E-state index is 0.393. The van der Waals surface area contributed by atoms with Crippen molar-refractivity contribution in [3.8, 4) is 0 Å². The fourth-order valence-electron chi connectivity index (χ4n) is 0.376. The first-order valence-corrected chi connectivity index (χ1v) is 4.77. The van der Waals surface area contributed by atoms with Crippen LogP contribution in [0.15, 0.2) is 22.6 Å². The second kappa shape index (κ2) is 5.44. The molecule has 0 atom stereocenters. The maximum atomic E-state index is 10.5. The normalized spacial score (nSPS) is 13.5. The Hall–Kier alpha value is -0.210. The van der Waals surface area contributed by atoms with E-state index in [9.17, 15) is 4.79 Å². The van der Waals surface area contributed by atoms with E-state index < -0.39 is 5.24 Å². The van der Waals surface area contributed by atoms with Crippen LogP contribution >= 0.6 is 23.4 Å². The lowest BCUT2D eigenvalue weighted by Gasteiger charge is -1.91. The standard InChI is InChI=1S/C8H11ClOS/c1-6(8(9)10)4-5-7(2)11-3/h4-5H,1-3H3/b6-4+,7-5+. The Kier molecular flexibility index (Phi) is 5.34. The highest BCUT2D eigenvalue weighted by molar-refractivity contribution is 8.02. The van der Waals surface area contributed by atoms with E-state index in [1.54, 1.807) is 24.8 Å². The molecule has 0 saturated carbocycles. The van der Waals surface area contributed by atoms with Gasteiger partial charge in [-0.2, -0.15) is 0 Å². The highest BCUT2D eigenvalue weighted by Crippen LogP contribution is 2.10. The van der Waals surface area contributed by atoms with Crippen molar-refractivity contribution < 1.29 is 4.79 Å². The molecule has 0 rings (SSSR count). The minimum Gasteiger partial charge on any atom is -0.276 e. The van der Waals surface area contributed by atoms with Gasteiger partial charge in [-0.05, 0) is 36.6 Å². The van der Waals surface area contributed by atoms with Crippen LogP contribution < -0.4 is 0 Å². The molecule has 0 aromatic carbocycles. The maximum Gasteiger partial charge on any atom is 0.248 e. The number of halogens is 1. The van der Waals surface area contributed by atoms with E-state index in [1.165, 1.54) is 0 Å². The lowest BCUT2D eigenvalue weighted by atomic mass is 10.3. The van der Waals surface area contributed by atoms with E-state index in [1.807, 2.05) is 19.3 Å². The van der Waals surface area contributed by atoms with Gasteiger partial charge in [-0.3, -0.25) is 4.79 Å². The van der Waals surface area contributed by atoms with E-state index in [-0.39, 0.29) is 0 Å². The zero-order valence-corrected chi connectivity index (χ0v) is 8.42. The lowest BCUT2D eigenvalue weighted by Crippen LogP contribution is -1.85. The van der Waals surface area contributed by atoms with Gasteiger partial charge >= 0.3 is 0 Å².